The van der Waals surface area contributed by atoms with Crippen molar-refractivity contribution in [1.82, 2.24) is 29.7 Å². The average molecular weight is 395 g/mol. The Morgan fingerprint density at radius 2 is 1.77 bits per heavy atom. The number of nitrogens with zero attached hydrogens (tertiary/aromatic N) is 5. The van der Waals surface area contributed by atoms with E-state index in [2.05, 4.69) is 30.4 Å². The van der Waals surface area contributed by atoms with Crippen molar-refractivity contribution in [2.24, 2.45) is 7.05 Å². The fraction of sp³-hybridized carbons (Fsp3) is 0.0455. The van der Waals surface area contributed by atoms with Gasteiger partial charge >= 0.3 is 0 Å². The molecule has 0 fully saturated rings. The Bertz CT molecular complexity index is 1390. The summed E-state index contributed by atoms with van der Waals surface area (Å²) >= 11 is 0. The third-order valence-electron chi connectivity index (χ3n) is 4.80. The Hall–Kier alpha value is -4.33. The van der Waals surface area contributed by atoms with Crippen molar-refractivity contribution in [2.75, 3.05) is 5.32 Å². The number of pyridine rings is 2. The van der Waals surface area contributed by atoms with Crippen LogP contribution in [-0.4, -0.2) is 29.7 Å². The summed E-state index contributed by atoms with van der Waals surface area (Å²) < 4.78 is 1.77. The number of hydrogen-bond donors (Lipinski definition) is 2. The number of benzene rings is 1. The van der Waals surface area contributed by atoms with Crippen molar-refractivity contribution >= 4 is 22.3 Å². The molecule has 1 aromatic carbocycles. The monoisotopic (exact) mass is 395 g/mol. The number of H-pyrrole nitrogens is 1. The van der Waals surface area contributed by atoms with E-state index in [9.17, 15) is 4.79 Å². The molecule has 0 radical (unpaired) electrons. The Morgan fingerprint density at radius 3 is 2.50 bits per heavy atom. The van der Waals surface area contributed by atoms with Crippen LogP contribution in [0.2, 0.25) is 0 Å². The minimum absolute atomic E-state index is 0.203. The van der Waals surface area contributed by atoms with Gasteiger partial charge in [0.15, 0.2) is 0 Å². The van der Waals surface area contributed by atoms with Crippen LogP contribution in [-0.2, 0) is 7.05 Å². The molecule has 8 nitrogen and oxygen atoms in total. The second-order valence-corrected chi connectivity index (χ2v) is 6.86. The van der Waals surface area contributed by atoms with Crippen LogP contribution in [0.5, 0.6) is 0 Å². The number of aromatic nitrogens is 6. The average Bonchev–Trinajstić information content (AvgIpc) is 3.21. The molecule has 0 amide bonds. The molecule has 0 aliphatic heterocycles. The third-order valence-corrected chi connectivity index (χ3v) is 4.80. The summed E-state index contributed by atoms with van der Waals surface area (Å²) in [5.41, 5.74) is 4.17. The van der Waals surface area contributed by atoms with E-state index in [1.807, 2.05) is 55.8 Å². The summed E-state index contributed by atoms with van der Waals surface area (Å²) in [5, 5.41) is 8.77. The van der Waals surface area contributed by atoms with Crippen LogP contribution in [0.25, 0.3) is 33.2 Å². The molecule has 0 atom stereocenters. The standard InChI is InChI=1S/C22H17N7O/c1-29-12-17(11-26-29)14-2-4-18(5-3-14)27-21-20-15(6-7-25-22(20)30)8-19(28-21)16-9-23-13-24-10-16/h2-13H,1H3,(H,25,30)(H,27,28). The molecule has 0 aliphatic carbocycles. The number of nitrogens with one attached hydrogen (secondary N) is 2. The number of anilines is 2. The topological polar surface area (TPSA) is 101 Å². The van der Waals surface area contributed by atoms with Gasteiger partial charge in [0, 0.05) is 48.6 Å². The van der Waals surface area contributed by atoms with Crippen molar-refractivity contribution in [3.63, 3.8) is 0 Å². The highest BCUT2D eigenvalue weighted by Gasteiger charge is 2.12. The van der Waals surface area contributed by atoms with E-state index in [4.69, 9.17) is 0 Å². The molecule has 30 heavy (non-hydrogen) atoms. The second kappa shape index (κ2) is 7.25. The van der Waals surface area contributed by atoms with Gasteiger partial charge in [-0.2, -0.15) is 5.10 Å². The number of rotatable bonds is 4. The minimum atomic E-state index is -0.203. The molecule has 4 aromatic heterocycles. The van der Waals surface area contributed by atoms with Crippen LogP contribution in [0.3, 0.4) is 0 Å². The fourth-order valence-corrected chi connectivity index (χ4v) is 3.34. The molecule has 0 saturated carbocycles. The van der Waals surface area contributed by atoms with E-state index in [0.29, 0.717) is 16.9 Å². The molecular weight excluding hydrogens is 378 g/mol. The van der Waals surface area contributed by atoms with Gasteiger partial charge < -0.3 is 10.3 Å². The zero-order valence-electron chi connectivity index (χ0n) is 16.1. The van der Waals surface area contributed by atoms with Gasteiger partial charge in [-0.25, -0.2) is 15.0 Å². The number of fused-ring (bicyclic) bond motifs is 1. The minimum Gasteiger partial charge on any atom is -0.340 e. The van der Waals surface area contributed by atoms with Gasteiger partial charge in [0.05, 0.1) is 17.3 Å². The van der Waals surface area contributed by atoms with Crippen LogP contribution in [0.15, 0.2) is 78.5 Å². The molecule has 0 aliphatic rings. The predicted molar refractivity (Wildman–Crippen MR) is 115 cm³/mol. The Morgan fingerprint density at radius 1 is 0.967 bits per heavy atom. The first-order chi connectivity index (χ1) is 14.7. The van der Waals surface area contributed by atoms with Crippen LogP contribution < -0.4 is 10.9 Å². The van der Waals surface area contributed by atoms with Gasteiger partial charge in [0.1, 0.15) is 12.1 Å². The molecule has 146 valence electrons. The maximum atomic E-state index is 12.5. The van der Waals surface area contributed by atoms with E-state index in [1.165, 1.54) is 6.33 Å². The van der Waals surface area contributed by atoms with Gasteiger partial charge in [0.2, 0.25) is 0 Å². The van der Waals surface area contributed by atoms with Crippen LogP contribution in [0, 0.1) is 0 Å². The van der Waals surface area contributed by atoms with Crippen molar-refractivity contribution in [2.45, 2.75) is 0 Å². The molecule has 0 spiro atoms. The van der Waals surface area contributed by atoms with Crippen molar-refractivity contribution in [3.05, 3.63) is 84.1 Å². The Kier molecular flexibility index (Phi) is 4.29. The molecule has 8 heteroatoms. The number of aryl methyl sites for hydroxylation is 1. The first-order valence-electron chi connectivity index (χ1n) is 9.31. The van der Waals surface area contributed by atoms with Crippen molar-refractivity contribution in [1.29, 1.82) is 0 Å². The normalized spacial score (nSPS) is 11.0. The Labute approximate surface area is 171 Å². The molecule has 0 bridgehead atoms. The zero-order chi connectivity index (χ0) is 20.5. The SMILES string of the molecule is Cn1cc(-c2ccc(Nc3nc(-c4cncnc4)cc4cc[nH]c(=O)c34)cc2)cn1. The first-order valence-corrected chi connectivity index (χ1v) is 9.31. The summed E-state index contributed by atoms with van der Waals surface area (Å²) in [6, 6.07) is 11.6. The molecule has 2 N–H and O–H groups in total. The quantitative estimate of drug-likeness (QED) is 0.483. The molecule has 4 heterocycles. The van der Waals surface area contributed by atoms with Gasteiger partial charge in [-0.05, 0) is 35.2 Å². The number of aromatic amines is 1. The summed E-state index contributed by atoms with van der Waals surface area (Å²) in [7, 11) is 1.89. The van der Waals surface area contributed by atoms with Gasteiger partial charge in [-0.3, -0.25) is 9.48 Å². The fourth-order valence-electron chi connectivity index (χ4n) is 3.34. The Balaban J connectivity index is 1.57. The third kappa shape index (κ3) is 3.30. The van der Waals surface area contributed by atoms with E-state index in [-0.39, 0.29) is 5.56 Å². The first kappa shape index (κ1) is 17.7. The summed E-state index contributed by atoms with van der Waals surface area (Å²) in [6.07, 6.45) is 10.3. The van der Waals surface area contributed by atoms with E-state index < -0.39 is 0 Å². The highest BCUT2D eigenvalue weighted by atomic mass is 16.1. The summed E-state index contributed by atoms with van der Waals surface area (Å²) in [5.74, 6) is 0.474. The van der Waals surface area contributed by atoms with E-state index in [0.717, 1.165) is 27.8 Å². The second-order valence-electron chi connectivity index (χ2n) is 6.86. The lowest BCUT2D eigenvalue weighted by Gasteiger charge is -2.11. The smallest absolute Gasteiger partial charge is 0.259 e. The lowest BCUT2D eigenvalue weighted by molar-refractivity contribution is 0.768. The lowest BCUT2D eigenvalue weighted by atomic mass is 10.1. The zero-order valence-corrected chi connectivity index (χ0v) is 16.1. The maximum Gasteiger partial charge on any atom is 0.259 e. The van der Waals surface area contributed by atoms with Gasteiger partial charge in [0.25, 0.3) is 5.56 Å². The maximum absolute atomic E-state index is 12.5. The van der Waals surface area contributed by atoms with Crippen LogP contribution >= 0.6 is 0 Å². The molecular formula is C22H17N7O. The molecule has 0 saturated heterocycles. The summed E-state index contributed by atoms with van der Waals surface area (Å²) in [4.78, 5) is 28.1. The van der Waals surface area contributed by atoms with Crippen LogP contribution in [0.1, 0.15) is 0 Å². The van der Waals surface area contributed by atoms with E-state index in [1.54, 1.807) is 23.3 Å². The highest BCUT2D eigenvalue weighted by molar-refractivity contribution is 5.95. The van der Waals surface area contributed by atoms with Crippen molar-refractivity contribution < 1.29 is 0 Å². The largest absolute Gasteiger partial charge is 0.340 e. The highest BCUT2D eigenvalue weighted by Crippen LogP contribution is 2.28. The van der Waals surface area contributed by atoms with Gasteiger partial charge in [-0.1, -0.05) is 12.1 Å². The predicted octanol–water partition coefficient (Wildman–Crippen LogP) is 3.52. The summed E-state index contributed by atoms with van der Waals surface area (Å²) in [6.45, 7) is 0. The number of hydrogen-bond acceptors (Lipinski definition) is 6. The molecule has 5 aromatic rings. The lowest BCUT2D eigenvalue weighted by Crippen LogP contribution is -2.09. The van der Waals surface area contributed by atoms with Crippen molar-refractivity contribution in [3.8, 4) is 22.4 Å². The molecule has 5 rings (SSSR count). The molecule has 0 unspecified atom stereocenters. The van der Waals surface area contributed by atoms with Crippen LogP contribution in [0.4, 0.5) is 11.5 Å². The van der Waals surface area contributed by atoms with Gasteiger partial charge in [-0.15, -0.1) is 0 Å². The van der Waals surface area contributed by atoms with E-state index >= 15 is 0 Å².